The first-order chi connectivity index (χ1) is 4.81. The Morgan fingerprint density at radius 1 is 1.40 bits per heavy atom. The fourth-order valence-electron chi connectivity index (χ4n) is 0.962. The normalized spacial score (nSPS) is 14.3. The molecule has 0 spiro atoms. The highest BCUT2D eigenvalue weighted by atomic mass is 14.0. The molecule has 0 aliphatic rings. The van der Waals surface area contributed by atoms with Crippen LogP contribution in [-0.2, 0) is 0 Å². The molecule has 0 rings (SSSR count). The van der Waals surface area contributed by atoms with Gasteiger partial charge in [0.1, 0.15) is 0 Å². The molecule has 0 aliphatic carbocycles. The summed E-state index contributed by atoms with van der Waals surface area (Å²) in [7, 11) is 0. The van der Waals surface area contributed by atoms with Gasteiger partial charge in [0.05, 0.1) is 0 Å². The zero-order valence-electron chi connectivity index (χ0n) is 7.27. The lowest BCUT2D eigenvalue weighted by atomic mass is 10.0. The second-order valence-corrected chi connectivity index (χ2v) is 2.86. The molecule has 0 saturated carbocycles. The van der Waals surface area contributed by atoms with Crippen LogP contribution in [0.5, 0.6) is 0 Å². The van der Waals surface area contributed by atoms with Gasteiger partial charge >= 0.3 is 0 Å². The van der Waals surface area contributed by atoms with Crippen molar-refractivity contribution in [1.82, 2.24) is 0 Å². The molecular formula is C10H19. The van der Waals surface area contributed by atoms with Crippen molar-refractivity contribution in [3.63, 3.8) is 0 Å². The van der Waals surface area contributed by atoms with E-state index < -0.39 is 0 Å². The van der Waals surface area contributed by atoms with Crippen LogP contribution in [0.3, 0.4) is 0 Å². The van der Waals surface area contributed by atoms with E-state index in [0.29, 0.717) is 0 Å². The standard InChI is InChI=1S/C10H19/c1-4-6-7-9-10(3)8-5-2/h6-7,10H,2,4-5,8-9H2,1,3H3/b7-6+. The maximum Gasteiger partial charge on any atom is -0.0325 e. The lowest BCUT2D eigenvalue weighted by Gasteiger charge is -2.04. The second-order valence-electron chi connectivity index (χ2n) is 2.86. The maximum atomic E-state index is 3.83. The highest BCUT2D eigenvalue weighted by Crippen LogP contribution is 2.09. The number of rotatable bonds is 5. The van der Waals surface area contributed by atoms with Crippen LogP contribution >= 0.6 is 0 Å². The average Bonchev–Trinajstić information content (AvgIpc) is 1.89. The van der Waals surface area contributed by atoms with Gasteiger partial charge in [0.15, 0.2) is 0 Å². The summed E-state index contributed by atoms with van der Waals surface area (Å²) in [5.41, 5.74) is 0. The zero-order valence-corrected chi connectivity index (χ0v) is 7.27. The van der Waals surface area contributed by atoms with Crippen LogP contribution in [0, 0.1) is 12.8 Å². The van der Waals surface area contributed by atoms with Crippen molar-refractivity contribution in [3.05, 3.63) is 19.1 Å². The topological polar surface area (TPSA) is 0 Å². The first-order valence-electron chi connectivity index (χ1n) is 4.25. The van der Waals surface area contributed by atoms with Gasteiger partial charge in [-0.3, -0.25) is 0 Å². The van der Waals surface area contributed by atoms with Crippen molar-refractivity contribution in [2.24, 2.45) is 5.92 Å². The summed E-state index contributed by atoms with van der Waals surface area (Å²) in [6.45, 7) is 8.28. The van der Waals surface area contributed by atoms with Crippen LogP contribution in [-0.4, -0.2) is 0 Å². The average molecular weight is 139 g/mol. The molecule has 0 aliphatic heterocycles. The molecular weight excluding hydrogens is 120 g/mol. The molecule has 10 heavy (non-hydrogen) atoms. The molecule has 0 bridgehead atoms. The summed E-state index contributed by atoms with van der Waals surface area (Å²) >= 11 is 0. The van der Waals surface area contributed by atoms with Crippen LogP contribution < -0.4 is 0 Å². The summed E-state index contributed by atoms with van der Waals surface area (Å²) in [6.07, 6.45) is 9.23. The van der Waals surface area contributed by atoms with Gasteiger partial charge in [0, 0.05) is 0 Å². The minimum absolute atomic E-state index is 0.820. The van der Waals surface area contributed by atoms with Gasteiger partial charge in [-0.25, -0.2) is 0 Å². The Kier molecular flexibility index (Phi) is 6.68. The predicted octanol–water partition coefficient (Wildman–Crippen LogP) is 3.59. The van der Waals surface area contributed by atoms with Crippen molar-refractivity contribution in [3.8, 4) is 0 Å². The maximum absolute atomic E-state index is 3.83. The highest BCUT2D eigenvalue weighted by Gasteiger charge is 1.95. The zero-order chi connectivity index (χ0) is 7.82. The van der Waals surface area contributed by atoms with Crippen LogP contribution in [0.15, 0.2) is 12.2 Å². The van der Waals surface area contributed by atoms with Crippen molar-refractivity contribution in [2.45, 2.75) is 39.5 Å². The van der Waals surface area contributed by atoms with Crippen molar-refractivity contribution >= 4 is 0 Å². The van der Waals surface area contributed by atoms with Crippen molar-refractivity contribution in [1.29, 1.82) is 0 Å². The third-order valence-corrected chi connectivity index (χ3v) is 1.64. The fraction of sp³-hybridized carbons (Fsp3) is 0.700. The van der Waals surface area contributed by atoms with E-state index in [-0.39, 0.29) is 0 Å². The molecule has 0 aromatic rings. The Bertz CT molecular complexity index is 82.0. The molecule has 1 unspecified atom stereocenters. The minimum Gasteiger partial charge on any atom is -0.0888 e. The Balaban J connectivity index is 3.20. The van der Waals surface area contributed by atoms with Gasteiger partial charge < -0.3 is 0 Å². The van der Waals surface area contributed by atoms with E-state index >= 15 is 0 Å². The first kappa shape index (κ1) is 9.74. The third-order valence-electron chi connectivity index (χ3n) is 1.64. The quantitative estimate of drug-likeness (QED) is 0.510. The lowest BCUT2D eigenvalue weighted by molar-refractivity contribution is 0.545. The van der Waals surface area contributed by atoms with E-state index in [0.717, 1.165) is 18.8 Å². The van der Waals surface area contributed by atoms with Gasteiger partial charge in [-0.05, 0) is 18.8 Å². The van der Waals surface area contributed by atoms with Gasteiger partial charge in [-0.15, -0.1) is 0 Å². The Morgan fingerprint density at radius 3 is 2.60 bits per heavy atom. The summed E-state index contributed by atoms with van der Waals surface area (Å²) in [5, 5.41) is 0. The molecule has 0 fully saturated rings. The Morgan fingerprint density at radius 2 is 2.10 bits per heavy atom. The molecule has 59 valence electrons. The van der Waals surface area contributed by atoms with Crippen LogP contribution in [0.4, 0.5) is 0 Å². The van der Waals surface area contributed by atoms with Crippen LogP contribution in [0.2, 0.25) is 0 Å². The van der Waals surface area contributed by atoms with E-state index in [1.165, 1.54) is 12.8 Å². The molecule has 0 heteroatoms. The summed E-state index contributed by atoms with van der Waals surface area (Å²) in [5.74, 6) is 0.820. The Hall–Kier alpha value is -0.260. The van der Waals surface area contributed by atoms with Gasteiger partial charge in [-0.2, -0.15) is 0 Å². The predicted molar refractivity (Wildman–Crippen MR) is 47.8 cm³/mol. The van der Waals surface area contributed by atoms with Crippen LogP contribution in [0.25, 0.3) is 0 Å². The summed E-state index contributed by atoms with van der Waals surface area (Å²) in [6, 6.07) is 0. The fourth-order valence-corrected chi connectivity index (χ4v) is 0.962. The molecule has 0 N–H and O–H groups in total. The Labute approximate surface area is 65.3 Å². The largest absolute Gasteiger partial charge is 0.0888 e. The lowest BCUT2D eigenvalue weighted by Crippen LogP contribution is -1.90. The summed E-state index contributed by atoms with van der Waals surface area (Å²) in [4.78, 5) is 0. The molecule has 0 amide bonds. The monoisotopic (exact) mass is 139 g/mol. The first-order valence-corrected chi connectivity index (χ1v) is 4.25. The second kappa shape index (κ2) is 6.85. The van der Waals surface area contributed by atoms with Gasteiger partial charge in [-0.1, -0.05) is 45.8 Å². The van der Waals surface area contributed by atoms with E-state index in [1.807, 2.05) is 0 Å². The number of hydrogen-bond donors (Lipinski definition) is 0. The van der Waals surface area contributed by atoms with E-state index in [9.17, 15) is 0 Å². The molecule has 0 heterocycles. The third kappa shape index (κ3) is 5.87. The molecule has 1 radical (unpaired) electrons. The molecule has 0 aromatic heterocycles. The molecule has 0 aromatic carbocycles. The van der Waals surface area contributed by atoms with Crippen molar-refractivity contribution < 1.29 is 0 Å². The minimum atomic E-state index is 0.820. The number of hydrogen-bond acceptors (Lipinski definition) is 0. The van der Waals surface area contributed by atoms with E-state index in [2.05, 4.69) is 32.9 Å². The highest BCUT2D eigenvalue weighted by molar-refractivity contribution is 4.81. The van der Waals surface area contributed by atoms with Crippen LogP contribution in [0.1, 0.15) is 39.5 Å². The SMILES string of the molecule is [CH2]CCC(C)C/C=C/CC. The number of allylic oxidation sites excluding steroid dienone is 2. The van der Waals surface area contributed by atoms with E-state index in [4.69, 9.17) is 0 Å². The van der Waals surface area contributed by atoms with Crippen molar-refractivity contribution in [2.75, 3.05) is 0 Å². The molecule has 1 atom stereocenters. The molecule has 0 nitrogen and oxygen atoms in total. The summed E-state index contributed by atoms with van der Waals surface area (Å²) < 4.78 is 0. The van der Waals surface area contributed by atoms with Gasteiger partial charge in [0.25, 0.3) is 0 Å². The van der Waals surface area contributed by atoms with Gasteiger partial charge in [0.2, 0.25) is 0 Å². The molecule has 0 saturated heterocycles. The smallest absolute Gasteiger partial charge is 0.0325 e. The van der Waals surface area contributed by atoms with E-state index in [1.54, 1.807) is 0 Å².